The van der Waals surface area contributed by atoms with Gasteiger partial charge in [-0.15, -0.1) is 0 Å². The topological polar surface area (TPSA) is 86.8 Å². The fraction of sp³-hybridized carbons (Fsp3) is 0.545. The van der Waals surface area contributed by atoms with Gasteiger partial charge in [0.1, 0.15) is 5.82 Å². The molecule has 4 rings (SSSR count). The number of imide groups is 1. The van der Waals surface area contributed by atoms with Gasteiger partial charge < -0.3 is 10.2 Å². The van der Waals surface area contributed by atoms with Crippen LogP contribution >= 0.6 is 0 Å². The van der Waals surface area contributed by atoms with Crippen molar-refractivity contribution in [3.63, 3.8) is 0 Å². The Kier molecular flexibility index (Phi) is 5.58. The van der Waals surface area contributed by atoms with Gasteiger partial charge in [0.2, 0.25) is 23.6 Å². The van der Waals surface area contributed by atoms with Crippen molar-refractivity contribution in [3.8, 4) is 0 Å². The average Bonchev–Trinajstić information content (AvgIpc) is 3.25. The summed E-state index contributed by atoms with van der Waals surface area (Å²) in [5, 5.41) is 3.01. The van der Waals surface area contributed by atoms with E-state index in [1.54, 1.807) is 19.1 Å². The molecule has 30 heavy (non-hydrogen) atoms. The molecule has 7 nitrogen and oxygen atoms in total. The first-order valence-electron chi connectivity index (χ1n) is 10.5. The zero-order valence-electron chi connectivity index (χ0n) is 17.0. The Morgan fingerprint density at radius 1 is 1.03 bits per heavy atom. The van der Waals surface area contributed by atoms with Crippen LogP contribution in [0.2, 0.25) is 0 Å². The number of hydrogen-bond donors (Lipinski definition) is 1. The molecule has 1 aliphatic carbocycles. The van der Waals surface area contributed by atoms with Gasteiger partial charge in [-0.1, -0.05) is 6.07 Å². The number of nitrogens with one attached hydrogen (secondary N) is 1. The normalized spacial score (nSPS) is 27.1. The highest BCUT2D eigenvalue weighted by Crippen LogP contribution is 2.30. The Bertz CT molecular complexity index is 878. The van der Waals surface area contributed by atoms with Gasteiger partial charge in [0, 0.05) is 37.9 Å². The third kappa shape index (κ3) is 3.95. The number of aryl methyl sites for hydroxylation is 1. The van der Waals surface area contributed by atoms with Crippen LogP contribution in [-0.2, 0) is 19.2 Å². The summed E-state index contributed by atoms with van der Waals surface area (Å²) < 4.78 is 14.3. The number of rotatable bonds is 4. The first-order chi connectivity index (χ1) is 14.3. The molecule has 0 unspecified atom stereocenters. The monoisotopic (exact) mass is 415 g/mol. The minimum Gasteiger partial charge on any atom is -0.353 e. The lowest BCUT2D eigenvalue weighted by Gasteiger charge is -2.34. The smallest absolute Gasteiger partial charge is 0.229 e. The molecule has 1 N–H and O–H groups in total. The van der Waals surface area contributed by atoms with Crippen LogP contribution in [0.25, 0.3) is 0 Å². The molecule has 3 fully saturated rings. The van der Waals surface area contributed by atoms with Crippen molar-refractivity contribution in [3.05, 3.63) is 29.6 Å². The lowest BCUT2D eigenvalue weighted by atomic mass is 9.89. The molecular formula is C22H26FN3O4. The molecule has 1 atom stereocenters. The minimum absolute atomic E-state index is 0.0400. The number of amides is 4. The Hall–Kier alpha value is -2.77. The molecule has 0 radical (unpaired) electrons. The number of carbonyl (C=O) groups excluding carboxylic acids is 4. The lowest BCUT2D eigenvalue weighted by Crippen LogP contribution is -2.47. The van der Waals surface area contributed by atoms with Gasteiger partial charge in [-0.2, -0.15) is 0 Å². The highest BCUT2D eigenvalue weighted by Gasteiger charge is 2.39. The Morgan fingerprint density at radius 3 is 2.33 bits per heavy atom. The zero-order valence-corrected chi connectivity index (χ0v) is 17.0. The minimum atomic E-state index is -0.516. The van der Waals surface area contributed by atoms with E-state index in [-0.39, 0.29) is 54.4 Å². The molecule has 2 saturated heterocycles. The van der Waals surface area contributed by atoms with Crippen LogP contribution in [0.1, 0.15) is 50.5 Å². The van der Waals surface area contributed by atoms with Gasteiger partial charge in [-0.05, 0) is 50.3 Å². The maximum Gasteiger partial charge on any atom is 0.229 e. The first-order valence-corrected chi connectivity index (χ1v) is 10.5. The van der Waals surface area contributed by atoms with Crippen molar-refractivity contribution >= 4 is 29.3 Å². The molecule has 0 spiro atoms. The van der Waals surface area contributed by atoms with Crippen molar-refractivity contribution in [1.29, 1.82) is 0 Å². The third-order valence-corrected chi connectivity index (χ3v) is 6.39. The van der Waals surface area contributed by atoms with Gasteiger partial charge in [0.05, 0.1) is 11.6 Å². The van der Waals surface area contributed by atoms with Crippen LogP contribution in [0.15, 0.2) is 18.2 Å². The number of hydrogen-bond acceptors (Lipinski definition) is 4. The van der Waals surface area contributed by atoms with E-state index in [4.69, 9.17) is 0 Å². The summed E-state index contributed by atoms with van der Waals surface area (Å²) in [6.45, 7) is 1.94. The van der Waals surface area contributed by atoms with E-state index >= 15 is 0 Å². The Balaban J connectivity index is 1.31. The zero-order chi connectivity index (χ0) is 21.4. The predicted molar refractivity (Wildman–Crippen MR) is 107 cm³/mol. The summed E-state index contributed by atoms with van der Waals surface area (Å²) in [4.78, 5) is 51.7. The highest BCUT2D eigenvalue weighted by atomic mass is 19.1. The van der Waals surface area contributed by atoms with Gasteiger partial charge >= 0.3 is 0 Å². The number of carbonyl (C=O) groups is 4. The number of nitrogens with zero attached hydrogens (tertiary/aromatic N) is 2. The van der Waals surface area contributed by atoms with Crippen molar-refractivity contribution in [2.24, 2.45) is 5.92 Å². The van der Waals surface area contributed by atoms with Gasteiger partial charge in [0.15, 0.2) is 0 Å². The molecule has 8 heteroatoms. The molecule has 2 heterocycles. The SMILES string of the molecule is Cc1ccc(N2C[C@H](C(=O)NC3CCC(N4C(=O)CCC4=O)CC3)CC2=O)c(F)c1. The van der Waals surface area contributed by atoms with Crippen LogP contribution in [-0.4, -0.2) is 47.2 Å². The molecule has 4 amide bonds. The van der Waals surface area contributed by atoms with E-state index in [2.05, 4.69) is 5.32 Å². The average molecular weight is 415 g/mol. The first kappa shape index (κ1) is 20.5. The molecule has 1 saturated carbocycles. The second kappa shape index (κ2) is 8.16. The summed E-state index contributed by atoms with van der Waals surface area (Å²) in [7, 11) is 0. The highest BCUT2D eigenvalue weighted by molar-refractivity contribution is 6.02. The third-order valence-electron chi connectivity index (χ3n) is 6.39. The van der Waals surface area contributed by atoms with E-state index in [1.165, 1.54) is 15.9 Å². The molecule has 0 bridgehead atoms. The Labute approximate surface area is 174 Å². The standard InChI is InChI=1S/C22H26FN3O4/c1-13-2-7-18(17(23)10-13)25-12-14(11-21(25)29)22(30)24-15-3-5-16(6-4-15)26-19(27)8-9-20(26)28/h2,7,10,14-16H,3-6,8-9,11-12H2,1H3,(H,24,30)/t14-,15?,16?/m1/s1. The van der Waals surface area contributed by atoms with Gasteiger partial charge in [-0.3, -0.25) is 24.1 Å². The van der Waals surface area contributed by atoms with Crippen LogP contribution in [0.3, 0.4) is 0 Å². The number of anilines is 1. The second-order valence-electron chi connectivity index (χ2n) is 8.53. The van der Waals surface area contributed by atoms with E-state index in [9.17, 15) is 23.6 Å². The van der Waals surface area contributed by atoms with Gasteiger partial charge in [-0.25, -0.2) is 4.39 Å². The number of halogens is 1. The molecular weight excluding hydrogens is 389 g/mol. The molecule has 0 aromatic heterocycles. The Morgan fingerprint density at radius 2 is 1.70 bits per heavy atom. The molecule has 1 aromatic carbocycles. The molecule has 3 aliphatic rings. The van der Waals surface area contributed by atoms with E-state index in [0.29, 0.717) is 38.5 Å². The van der Waals surface area contributed by atoms with Crippen molar-refractivity contribution in [2.75, 3.05) is 11.4 Å². The van der Waals surface area contributed by atoms with Crippen molar-refractivity contribution < 1.29 is 23.6 Å². The van der Waals surface area contributed by atoms with E-state index < -0.39 is 11.7 Å². The van der Waals surface area contributed by atoms with Crippen LogP contribution in [0, 0.1) is 18.7 Å². The fourth-order valence-corrected chi connectivity index (χ4v) is 4.75. The number of benzene rings is 1. The predicted octanol–water partition coefficient (Wildman–Crippen LogP) is 2.06. The quantitative estimate of drug-likeness (QED) is 0.763. The molecule has 2 aliphatic heterocycles. The van der Waals surface area contributed by atoms with Gasteiger partial charge in [0.25, 0.3) is 0 Å². The maximum absolute atomic E-state index is 14.3. The second-order valence-corrected chi connectivity index (χ2v) is 8.53. The summed E-state index contributed by atoms with van der Waals surface area (Å²) >= 11 is 0. The maximum atomic E-state index is 14.3. The molecule has 160 valence electrons. The summed E-state index contributed by atoms with van der Waals surface area (Å²) in [6, 6.07) is 4.58. The van der Waals surface area contributed by atoms with Crippen molar-refractivity contribution in [2.45, 2.75) is 64.0 Å². The largest absolute Gasteiger partial charge is 0.353 e. The van der Waals surface area contributed by atoms with E-state index in [0.717, 1.165) is 5.56 Å². The summed E-state index contributed by atoms with van der Waals surface area (Å²) in [6.07, 6.45) is 3.37. The van der Waals surface area contributed by atoms with Crippen molar-refractivity contribution in [1.82, 2.24) is 10.2 Å². The lowest BCUT2D eigenvalue weighted by molar-refractivity contribution is -0.142. The number of likely N-dealkylation sites (tertiary alicyclic amines) is 1. The van der Waals surface area contributed by atoms with Crippen LogP contribution < -0.4 is 10.2 Å². The fourth-order valence-electron chi connectivity index (χ4n) is 4.75. The van der Waals surface area contributed by atoms with Crippen LogP contribution in [0.5, 0.6) is 0 Å². The van der Waals surface area contributed by atoms with Crippen LogP contribution in [0.4, 0.5) is 10.1 Å². The van der Waals surface area contributed by atoms with E-state index in [1.807, 2.05) is 0 Å². The summed E-state index contributed by atoms with van der Waals surface area (Å²) in [5.41, 5.74) is 0.978. The molecule has 1 aromatic rings. The summed E-state index contributed by atoms with van der Waals surface area (Å²) in [5.74, 6) is -1.63.